The minimum Gasteiger partial charge on any atom is -0.304 e. The number of rotatable bonds is 1. The Labute approximate surface area is 79.5 Å². The molecular weight excluding hydrogens is 186 g/mol. The van der Waals surface area contributed by atoms with E-state index >= 15 is 0 Å². The Bertz CT molecular complexity index is 514. The van der Waals surface area contributed by atoms with Crippen LogP contribution in [0.1, 0.15) is 5.82 Å². The third kappa shape index (κ3) is 1.11. The summed E-state index contributed by atoms with van der Waals surface area (Å²) in [6, 6.07) is 2.20. The lowest BCUT2D eigenvalue weighted by Gasteiger charge is -1.97. The molecule has 0 radical (unpaired) electrons. The monoisotopic (exact) mass is 194 g/mol. The third-order valence-corrected chi connectivity index (χ3v) is 2.09. The van der Waals surface area contributed by atoms with Crippen LogP contribution in [0, 0.1) is 18.6 Å². The van der Waals surface area contributed by atoms with Crippen molar-refractivity contribution >= 4 is 17.2 Å². The Hall–Kier alpha value is -1.71. The van der Waals surface area contributed by atoms with Crippen LogP contribution in [0.15, 0.2) is 18.7 Å². The predicted molar refractivity (Wildman–Crippen MR) is 50.8 cm³/mol. The van der Waals surface area contributed by atoms with Gasteiger partial charge in [-0.2, -0.15) is 0 Å². The maximum absolute atomic E-state index is 12.9. The zero-order valence-corrected chi connectivity index (χ0v) is 7.59. The number of benzene rings is 1. The molecule has 2 nitrogen and oxygen atoms in total. The molecule has 0 fully saturated rings. The summed E-state index contributed by atoms with van der Waals surface area (Å²) in [4.78, 5) is 4.07. The van der Waals surface area contributed by atoms with Crippen molar-refractivity contribution in [3.8, 4) is 0 Å². The maximum Gasteiger partial charge on any atom is 0.161 e. The van der Waals surface area contributed by atoms with E-state index in [1.165, 1.54) is 6.20 Å². The second-order valence-corrected chi connectivity index (χ2v) is 2.97. The first-order valence-electron chi connectivity index (χ1n) is 4.09. The minimum atomic E-state index is -0.883. The number of aryl methyl sites for hydroxylation is 1. The van der Waals surface area contributed by atoms with Crippen LogP contribution in [0.3, 0.4) is 0 Å². The van der Waals surface area contributed by atoms with E-state index in [-0.39, 0.29) is 0 Å². The molecule has 0 saturated carbocycles. The van der Waals surface area contributed by atoms with Gasteiger partial charge in [0, 0.05) is 18.3 Å². The van der Waals surface area contributed by atoms with Crippen LogP contribution in [0.25, 0.3) is 17.2 Å². The second-order valence-electron chi connectivity index (χ2n) is 2.97. The molecule has 0 saturated heterocycles. The summed E-state index contributed by atoms with van der Waals surface area (Å²) in [6.45, 7) is 5.32. The van der Waals surface area contributed by atoms with E-state index in [1.54, 1.807) is 11.5 Å². The number of nitrogens with zero attached hydrogens (tertiary/aromatic N) is 2. The van der Waals surface area contributed by atoms with Gasteiger partial charge in [0.2, 0.25) is 0 Å². The van der Waals surface area contributed by atoms with Crippen LogP contribution >= 0.6 is 0 Å². The average molecular weight is 194 g/mol. The molecule has 0 spiro atoms. The SMILES string of the molecule is C=Cn1c(C)nc2cc(F)c(F)cc21. The Morgan fingerprint density at radius 1 is 1.36 bits per heavy atom. The number of aromatic nitrogens is 2. The highest BCUT2D eigenvalue weighted by Crippen LogP contribution is 2.19. The Morgan fingerprint density at radius 3 is 2.64 bits per heavy atom. The standard InChI is InChI=1S/C10H8F2N2/c1-3-14-6(2)13-9-4-7(11)8(12)5-10(9)14/h3-5H,1H2,2H3. The second kappa shape index (κ2) is 2.90. The number of hydrogen-bond acceptors (Lipinski definition) is 1. The van der Waals surface area contributed by atoms with E-state index in [0.717, 1.165) is 12.1 Å². The molecule has 1 aromatic heterocycles. The molecule has 0 amide bonds. The quantitative estimate of drug-likeness (QED) is 0.682. The lowest BCUT2D eigenvalue weighted by atomic mass is 10.3. The smallest absolute Gasteiger partial charge is 0.161 e. The van der Waals surface area contributed by atoms with Gasteiger partial charge in [-0.25, -0.2) is 13.8 Å². The van der Waals surface area contributed by atoms with E-state index in [1.807, 2.05) is 0 Å². The normalized spacial score (nSPS) is 10.8. The van der Waals surface area contributed by atoms with Crippen molar-refractivity contribution in [2.24, 2.45) is 0 Å². The fraction of sp³-hybridized carbons (Fsp3) is 0.100. The minimum absolute atomic E-state index is 0.432. The summed E-state index contributed by atoms with van der Waals surface area (Å²) >= 11 is 0. The Balaban J connectivity index is 2.89. The molecular formula is C10H8F2N2. The van der Waals surface area contributed by atoms with Crippen molar-refractivity contribution in [2.45, 2.75) is 6.92 Å². The molecule has 0 aliphatic carbocycles. The molecule has 2 aromatic rings. The molecule has 0 atom stereocenters. The molecule has 0 unspecified atom stereocenters. The van der Waals surface area contributed by atoms with E-state index in [2.05, 4.69) is 11.6 Å². The summed E-state index contributed by atoms with van der Waals surface area (Å²) in [6.07, 6.45) is 1.52. The van der Waals surface area contributed by atoms with Gasteiger partial charge in [0.25, 0.3) is 0 Å². The van der Waals surface area contributed by atoms with Crippen molar-refractivity contribution in [3.63, 3.8) is 0 Å². The highest BCUT2D eigenvalue weighted by molar-refractivity contribution is 5.78. The largest absolute Gasteiger partial charge is 0.304 e. The molecule has 0 bridgehead atoms. The zero-order chi connectivity index (χ0) is 10.3. The van der Waals surface area contributed by atoms with Crippen LogP contribution in [0.5, 0.6) is 0 Å². The van der Waals surface area contributed by atoms with Crippen molar-refractivity contribution in [2.75, 3.05) is 0 Å². The summed E-state index contributed by atoms with van der Waals surface area (Å²) in [5, 5.41) is 0. The molecule has 0 aliphatic rings. The van der Waals surface area contributed by atoms with Gasteiger partial charge in [0.1, 0.15) is 5.82 Å². The Morgan fingerprint density at radius 2 is 2.00 bits per heavy atom. The first-order valence-corrected chi connectivity index (χ1v) is 4.09. The van der Waals surface area contributed by atoms with Crippen LogP contribution in [0.2, 0.25) is 0 Å². The first kappa shape index (κ1) is 8.87. The maximum atomic E-state index is 12.9. The fourth-order valence-corrected chi connectivity index (χ4v) is 1.44. The van der Waals surface area contributed by atoms with Crippen LogP contribution < -0.4 is 0 Å². The number of halogens is 2. The van der Waals surface area contributed by atoms with Gasteiger partial charge in [-0.05, 0) is 6.92 Å². The fourth-order valence-electron chi connectivity index (χ4n) is 1.44. The highest BCUT2D eigenvalue weighted by Gasteiger charge is 2.09. The van der Waals surface area contributed by atoms with Gasteiger partial charge in [-0.1, -0.05) is 6.58 Å². The van der Waals surface area contributed by atoms with Gasteiger partial charge in [0.05, 0.1) is 11.0 Å². The first-order chi connectivity index (χ1) is 6.63. The molecule has 1 heterocycles. The van der Waals surface area contributed by atoms with Crippen LogP contribution in [0.4, 0.5) is 8.78 Å². The van der Waals surface area contributed by atoms with Crippen molar-refractivity contribution in [1.29, 1.82) is 0 Å². The summed E-state index contributed by atoms with van der Waals surface area (Å²) in [5.74, 6) is -1.10. The molecule has 4 heteroatoms. The zero-order valence-electron chi connectivity index (χ0n) is 7.59. The molecule has 1 aromatic carbocycles. The lowest BCUT2D eigenvalue weighted by Crippen LogP contribution is -1.89. The summed E-state index contributed by atoms with van der Waals surface area (Å²) in [7, 11) is 0. The Kier molecular flexibility index (Phi) is 1.84. The summed E-state index contributed by atoms with van der Waals surface area (Å²) < 4.78 is 27.4. The van der Waals surface area contributed by atoms with E-state index in [9.17, 15) is 8.78 Å². The van der Waals surface area contributed by atoms with Crippen molar-refractivity contribution in [3.05, 3.63) is 36.2 Å². The van der Waals surface area contributed by atoms with Crippen LogP contribution in [-0.4, -0.2) is 9.55 Å². The topological polar surface area (TPSA) is 17.8 Å². The molecule has 14 heavy (non-hydrogen) atoms. The summed E-state index contributed by atoms with van der Waals surface area (Å²) in [5.41, 5.74) is 0.956. The molecule has 0 aliphatic heterocycles. The van der Waals surface area contributed by atoms with Crippen LogP contribution in [-0.2, 0) is 0 Å². The molecule has 2 rings (SSSR count). The van der Waals surface area contributed by atoms with Gasteiger partial charge in [-0.3, -0.25) is 0 Å². The number of imidazole rings is 1. The van der Waals surface area contributed by atoms with E-state index < -0.39 is 11.6 Å². The van der Waals surface area contributed by atoms with E-state index in [4.69, 9.17) is 0 Å². The molecule has 72 valence electrons. The van der Waals surface area contributed by atoms with Crippen molar-refractivity contribution < 1.29 is 8.78 Å². The highest BCUT2D eigenvalue weighted by atomic mass is 19.2. The van der Waals surface area contributed by atoms with Crippen molar-refractivity contribution in [1.82, 2.24) is 9.55 Å². The van der Waals surface area contributed by atoms with Gasteiger partial charge >= 0.3 is 0 Å². The number of fused-ring (bicyclic) bond motifs is 1. The van der Waals surface area contributed by atoms with Gasteiger partial charge in [-0.15, -0.1) is 0 Å². The van der Waals surface area contributed by atoms with Gasteiger partial charge in [0.15, 0.2) is 11.6 Å². The average Bonchev–Trinajstić information content (AvgIpc) is 2.42. The van der Waals surface area contributed by atoms with E-state index in [0.29, 0.717) is 16.9 Å². The van der Waals surface area contributed by atoms with Gasteiger partial charge < -0.3 is 4.57 Å². The predicted octanol–water partition coefficient (Wildman–Crippen LogP) is 2.72. The third-order valence-electron chi connectivity index (χ3n) is 2.09. The molecule has 0 N–H and O–H groups in total. The lowest BCUT2D eigenvalue weighted by molar-refractivity contribution is 0.510. The number of hydrogen-bond donors (Lipinski definition) is 0.